The molecule has 1 aromatic carbocycles. The summed E-state index contributed by atoms with van der Waals surface area (Å²) in [5.41, 5.74) is 0.262. The Morgan fingerprint density at radius 1 is 1.57 bits per heavy atom. The lowest BCUT2D eigenvalue weighted by Gasteiger charge is -2.27. The summed E-state index contributed by atoms with van der Waals surface area (Å²) in [4.78, 5) is 12.8. The zero-order chi connectivity index (χ0) is 15.5. The van der Waals surface area contributed by atoms with Crippen LogP contribution in [0.5, 0.6) is 5.75 Å². The molecule has 1 aromatic rings. The molecule has 0 aliphatic carbocycles. The first-order valence-electron chi connectivity index (χ1n) is 7.07. The van der Waals surface area contributed by atoms with Crippen molar-refractivity contribution in [3.8, 4) is 5.75 Å². The van der Waals surface area contributed by atoms with E-state index < -0.39 is 0 Å². The van der Waals surface area contributed by atoms with E-state index in [0.717, 1.165) is 36.8 Å². The molecular formula is C15H20BrClN2O2. The molecule has 1 fully saturated rings. The molecule has 1 aliphatic heterocycles. The first-order valence-corrected chi connectivity index (χ1v) is 8.24. The maximum Gasteiger partial charge on any atom is 0.232 e. The molecule has 4 nitrogen and oxygen atoms in total. The quantitative estimate of drug-likeness (QED) is 0.822. The van der Waals surface area contributed by atoms with Gasteiger partial charge in [-0.15, -0.1) is 0 Å². The Morgan fingerprint density at radius 2 is 2.33 bits per heavy atom. The van der Waals surface area contributed by atoms with Crippen LogP contribution < -0.4 is 15.4 Å². The van der Waals surface area contributed by atoms with Crippen LogP contribution in [0.15, 0.2) is 16.6 Å². The Morgan fingerprint density at radius 3 is 2.90 bits per heavy atom. The van der Waals surface area contributed by atoms with Gasteiger partial charge in [-0.3, -0.25) is 4.79 Å². The average Bonchev–Trinajstić information content (AvgIpc) is 2.88. The van der Waals surface area contributed by atoms with Gasteiger partial charge < -0.3 is 15.4 Å². The van der Waals surface area contributed by atoms with Crippen LogP contribution in [0.1, 0.15) is 26.2 Å². The van der Waals surface area contributed by atoms with Crippen LogP contribution >= 0.6 is 27.5 Å². The number of carbonyl (C=O) groups is 1. The SMILES string of the molecule is CCCC1(C(=O)Nc2cc(Cl)cc(Br)c2OC)CCNC1. The Kier molecular flexibility index (Phi) is 5.52. The van der Waals surface area contributed by atoms with E-state index in [2.05, 4.69) is 33.5 Å². The van der Waals surface area contributed by atoms with Crippen molar-refractivity contribution in [2.75, 3.05) is 25.5 Å². The lowest BCUT2D eigenvalue weighted by Crippen LogP contribution is -2.38. The molecular weight excluding hydrogens is 356 g/mol. The Bertz CT molecular complexity index is 531. The summed E-state index contributed by atoms with van der Waals surface area (Å²) in [6, 6.07) is 3.46. The minimum absolute atomic E-state index is 0.0295. The fourth-order valence-corrected chi connectivity index (χ4v) is 3.83. The smallest absolute Gasteiger partial charge is 0.232 e. The molecule has 0 aromatic heterocycles. The predicted molar refractivity (Wildman–Crippen MR) is 89.2 cm³/mol. The molecule has 1 atom stereocenters. The first-order chi connectivity index (χ1) is 10.0. The maximum atomic E-state index is 12.8. The summed E-state index contributed by atoms with van der Waals surface area (Å²) in [7, 11) is 1.57. The fourth-order valence-electron chi connectivity index (χ4n) is 2.86. The van der Waals surface area contributed by atoms with E-state index in [9.17, 15) is 4.79 Å². The minimum Gasteiger partial charge on any atom is -0.493 e. The van der Waals surface area contributed by atoms with Crippen molar-refractivity contribution in [3.63, 3.8) is 0 Å². The molecule has 0 spiro atoms. The van der Waals surface area contributed by atoms with Crippen LogP contribution in [0.3, 0.4) is 0 Å². The third-order valence-electron chi connectivity index (χ3n) is 3.91. The van der Waals surface area contributed by atoms with Gasteiger partial charge in [-0.1, -0.05) is 24.9 Å². The van der Waals surface area contributed by atoms with Crippen molar-refractivity contribution in [1.82, 2.24) is 5.32 Å². The number of methoxy groups -OCH3 is 1. The summed E-state index contributed by atoms with van der Waals surface area (Å²) >= 11 is 9.47. The summed E-state index contributed by atoms with van der Waals surface area (Å²) in [6.07, 6.45) is 2.71. The molecule has 0 bridgehead atoms. The largest absolute Gasteiger partial charge is 0.493 e. The van der Waals surface area contributed by atoms with Crippen LogP contribution in [-0.2, 0) is 4.79 Å². The lowest BCUT2D eigenvalue weighted by molar-refractivity contribution is -0.125. The van der Waals surface area contributed by atoms with Crippen molar-refractivity contribution < 1.29 is 9.53 Å². The second kappa shape index (κ2) is 6.99. The second-order valence-corrected chi connectivity index (χ2v) is 6.67. The van der Waals surface area contributed by atoms with Gasteiger partial charge in [0, 0.05) is 11.6 Å². The average molecular weight is 376 g/mol. The monoisotopic (exact) mass is 374 g/mol. The van der Waals surface area contributed by atoms with Crippen molar-refractivity contribution in [1.29, 1.82) is 0 Å². The number of amides is 1. The Hall–Kier alpha value is -0.780. The van der Waals surface area contributed by atoms with Gasteiger partial charge in [0.05, 0.1) is 22.7 Å². The number of anilines is 1. The molecule has 21 heavy (non-hydrogen) atoms. The number of nitrogens with one attached hydrogen (secondary N) is 2. The molecule has 0 saturated carbocycles. The number of hydrogen-bond acceptors (Lipinski definition) is 3. The second-order valence-electron chi connectivity index (χ2n) is 5.38. The van der Waals surface area contributed by atoms with Crippen molar-refractivity contribution in [2.24, 2.45) is 5.41 Å². The minimum atomic E-state index is -0.339. The van der Waals surface area contributed by atoms with Gasteiger partial charge >= 0.3 is 0 Å². The molecule has 116 valence electrons. The highest BCUT2D eigenvalue weighted by atomic mass is 79.9. The maximum absolute atomic E-state index is 12.8. The first kappa shape index (κ1) is 16.6. The zero-order valence-corrected chi connectivity index (χ0v) is 14.6. The van der Waals surface area contributed by atoms with Gasteiger partial charge in [0.25, 0.3) is 0 Å². The number of halogens is 2. The topological polar surface area (TPSA) is 50.4 Å². The van der Waals surface area contributed by atoms with E-state index in [4.69, 9.17) is 16.3 Å². The highest BCUT2D eigenvalue weighted by Crippen LogP contribution is 2.38. The van der Waals surface area contributed by atoms with Gasteiger partial charge in [-0.2, -0.15) is 0 Å². The molecule has 1 heterocycles. The van der Waals surface area contributed by atoms with Crippen LogP contribution in [0, 0.1) is 5.41 Å². The van der Waals surface area contributed by atoms with Crippen molar-refractivity contribution in [3.05, 3.63) is 21.6 Å². The number of carbonyl (C=O) groups excluding carboxylic acids is 1. The Balaban J connectivity index is 2.26. The summed E-state index contributed by atoms with van der Waals surface area (Å²) < 4.78 is 6.08. The van der Waals surface area contributed by atoms with Crippen LogP contribution in [-0.4, -0.2) is 26.1 Å². The normalized spacial score (nSPS) is 21.3. The van der Waals surface area contributed by atoms with Gasteiger partial charge in [0.15, 0.2) is 5.75 Å². The van der Waals surface area contributed by atoms with E-state index in [1.54, 1.807) is 19.2 Å². The number of rotatable bonds is 5. The number of benzene rings is 1. The summed E-state index contributed by atoms with van der Waals surface area (Å²) in [5, 5.41) is 6.83. The molecule has 1 amide bonds. The highest BCUT2D eigenvalue weighted by Gasteiger charge is 2.40. The van der Waals surface area contributed by atoms with Crippen LogP contribution in [0.4, 0.5) is 5.69 Å². The summed E-state index contributed by atoms with van der Waals surface area (Å²) in [5.74, 6) is 0.618. The van der Waals surface area contributed by atoms with Gasteiger partial charge in [-0.05, 0) is 47.4 Å². The van der Waals surface area contributed by atoms with Gasteiger partial charge in [0.2, 0.25) is 5.91 Å². The van der Waals surface area contributed by atoms with E-state index in [-0.39, 0.29) is 11.3 Å². The van der Waals surface area contributed by atoms with Crippen molar-refractivity contribution >= 4 is 39.1 Å². The highest BCUT2D eigenvalue weighted by molar-refractivity contribution is 9.10. The van der Waals surface area contributed by atoms with Crippen LogP contribution in [0.2, 0.25) is 5.02 Å². The lowest BCUT2D eigenvalue weighted by atomic mass is 9.81. The predicted octanol–water partition coefficient (Wildman–Crippen LogP) is 3.83. The van der Waals surface area contributed by atoms with Gasteiger partial charge in [0.1, 0.15) is 0 Å². The van der Waals surface area contributed by atoms with Crippen molar-refractivity contribution in [2.45, 2.75) is 26.2 Å². The van der Waals surface area contributed by atoms with E-state index in [1.165, 1.54) is 0 Å². The van der Waals surface area contributed by atoms with E-state index >= 15 is 0 Å². The van der Waals surface area contributed by atoms with E-state index in [0.29, 0.717) is 16.5 Å². The number of hydrogen-bond donors (Lipinski definition) is 2. The molecule has 2 N–H and O–H groups in total. The molecule has 1 aliphatic rings. The number of ether oxygens (including phenoxy) is 1. The zero-order valence-electron chi connectivity index (χ0n) is 12.3. The third-order valence-corrected chi connectivity index (χ3v) is 4.72. The van der Waals surface area contributed by atoms with Gasteiger partial charge in [-0.25, -0.2) is 0 Å². The third kappa shape index (κ3) is 3.52. The van der Waals surface area contributed by atoms with E-state index in [1.807, 2.05) is 0 Å². The standard InChI is InChI=1S/C15H20BrClN2O2/c1-3-4-15(5-6-18-9-15)14(20)19-12-8-10(17)7-11(16)13(12)21-2/h7-8,18H,3-6,9H2,1-2H3,(H,19,20). The molecule has 6 heteroatoms. The fraction of sp³-hybridized carbons (Fsp3) is 0.533. The molecule has 1 saturated heterocycles. The van der Waals surface area contributed by atoms with Crippen LogP contribution in [0.25, 0.3) is 0 Å². The molecule has 2 rings (SSSR count). The molecule has 1 unspecified atom stereocenters. The Labute approximate surface area is 138 Å². The summed E-state index contributed by atoms with van der Waals surface area (Å²) in [6.45, 7) is 3.70. The molecule has 0 radical (unpaired) electrons.